The van der Waals surface area contributed by atoms with Crippen molar-refractivity contribution in [2.45, 2.75) is 37.8 Å². The molecule has 1 N–H and O–H groups in total. The molecule has 1 heterocycles. The first kappa shape index (κ1) is 7.80. The molecular weight excluding hydrogens is 152 g/mol. The highest BCUT2D eigenvalue weighted by molar-refractivity contribution is 4.86. The highest BCUT2D eigenvalue weighted by atomic mass is 16.3. The smallest absolute Gasteiger partial charge is 0.0949 e. The van der Waals surface area contributed by atoms with E-state index in [-0.39, 0.29) is 12.1 Å². The van der Waals surface area contributed by atoms with Gasteiger partial charge in [0, 0.05) is 12.4 Å². The number of hydrogen-bond acceptors (Lipinski definition) is 2. The van der Waals surface area contributed by atoms with Gasteiger partial charge in [-0.15, -0.1) is 0 Å². The highest BCUT2D eigenvalue weighted by Crippen LogP contribution is 2.27. The average molecular weight is 166 g/mol. The Labute approximate surface area is 72.0 Å². The maximum absolute atomic E-state index is 9.69. The minimum Gasteiger partial charge on any atom is -0.391 e. The first-order chi connectivity index (χ1) is 5.88. The Bertz CT molecular complexity index is 233. The van der Waals surface area contributed by atoms with Crippen molar-refractivity contribution in [2.24, 2.45) is 0 Å². The predicted molar refractivity (Wildman–Crippen MR) is 45.7 cm³/mol. The van der Waals surface area contributed by atoms with Crippen molar-refractivity contribution in [3.8, 4) is 0 Å². The van der Waals surface area contributed by atoms with Crippen LogP contribution in [0.15, 0.2) is 18.7 Å². The summed E-state index contributed by atoms with van der Waals surface area (Å²) in [5.74, 6) is 0. The van der Waals surface area contributed by atoms with Gasteiger partial charge in [0.25, 0.3) is 0 Å². The van der Waals surface area contributed by atoms with Crippen LogP contribution in [0.3, 0.4) is 0 Å². The molecule has 3 heteroatoms. The van der Waals surface area contributed by atoms with Crippen LogP contribution in [0.25, 0.3) is 0 Å². The lowest BCUT2D eigenvalue weighted by Crippen LogP contribution is -2.26. The molecule has 66 valence electrons. The molecule has 2 atom stereocenters. The number of rotatable bonds is 1. The SMILES string of the molecule is O[C@H]1CCCCC1n1ccnc1. The monoisotopic (exact) mass is 166 g/mol. The molecule has 1 fully saturated rings. The molecule has 0 aliphatic heterocycles. The molecular formula is C9H14N2O. The van der Waals surface area contributed by atoms with Crippen molar-refractivity contribution in [3.63, 3.8) is 0 Å². The molecule has 1 aromatic heterocycles. The Morgan fingerprint density at radius 2 is 2.17 bits per heavy atom. The summed E-state index contributed by atoms with van der Waals surface area (Å²) in [5.41, 5.74) is 0. The van der Waals surface area contributed by atoms with E-state index in [1.165, 1.54) is 6.42 Å². The van der Waals surface area contributed by atoms with E-state index in [1.54, 1.807) is 12.5 Å². The van der Waals surface area contributed by atoms with E-state index in [1.807, 2.05) is 10.8 Å². The first-order valence-corrected chi connectivity index (χ1v) is 4.53. The summed E-state index contributed by atoms with van der Waals surface area (Å²) >= 11 is 0. The number of hydrogen-bond donors (Lipinski definition) is 1. The van der Waals surface area contributed by atoms with Crippen molar-refractivity contribution in [2.75, 3.05) is 0 Å². The van der Waals surface area contributed by atoms with E-state index in [0.717, 1.165) is 19.3 Å². The molecule has 1 aliphatic rings. The summed E-state index contributed by atoms with van der Waals surface area (Å²) in [4.78, 5) is 3.98. The van der Waals surface area contributed by atoms with Crippen LogP contribution in [0, 0.1) is 0 Å². The second-order valence-electron chi connectivity index (χ2n) is 3.43. The molecule has 1 unspecified atom stereocenters. The van der Waals surface area contributed by atoms with Crippen LogP contribution in [0.1, 0.15) is 31.7 Å². The minimum atomic E-state index is -0.173. The van der Waals surface area contributed by atoms with Crippen LogP contribution >= 0.6 is 0 Å². The number of aliphatic hydroxyl groups is 1. The van der Waals surface area contributed by atoms with Gasteiger partial charge in [-0.25, -0.2) is 4.98 Å². The molecule has 1 aliphatic carbocycles. The Hall–Kier alpha value is -0.830. The van der Waals surface area contributed by atoms with Crippen LogP contribution in [0.5, 0.6) is 0 Å². The zero-order valence-electron chi connectivity index (χ0n) is 7.06. The van der Waals surface area contributed by atoms with Gasteiger partial charge in [0.05, 0.1) is 18.5 Å². The molecule has 2 rings (SSSR count). The van der Waals surface area contributed by atoms with Crippen molar-refractivity contribution in [3.05, 3.63) is 18.7 Å². The van der Waals surface area contributed by atoms with Crippen molar-refractivity contribution < 1.29 is 5.11 Å². The van der Waals surface area contributed by atoms with Gasteiger partial charge < -0.3 is 9.67 Å². The Morgan fingerprint density at radius 1 is 1.33 bits per heavy atom. The summed E-state index contributed by atoms with van der Waals surface area (Å²) in [7, 11) is 0. The standard InChI is InChI=1S/C9H14N2O/c12-9-4-2-1-3-8(9)11-6-5-10-7-11/h5-9,12H,1-4H2/t8?,9-/m0/s1. The molecule has 1 aromatic rings. The van der Waals surface area contributed by atoms with Crippen LogP contribution < -0.4 is 0 Å². The molecule has 0 saturated heterocycles. The van der Waals surface area contributed by atoms with Gasteiger partial charge in [-0.2, -0.15) is 0 Å². The zero-order valence-corrected chi connectivity index (χ0v) is 7.06. The van der Waals surface area contributed by atoms with Crippen molar-refractivity contribution in [1.29, 1.82) is 0 Å². The third-order valence-electron chi connectivity index (χ3n) is 2.60. The molecule has 0 amide bonds. The molecule has 1 saturated carbocycles. The van der Waals surface area contributed by atoms with Gasteiger partial charge in [0.15, 0.2) is 0 Å². The van der Waals surface area contributed by atoms with Crippen LogP contribution in [0.4, 0.5) is 0 Å². The summed E-state index contributed by atoms with van der Waals surface area (Å²) in [6.07, 6.45) is 9.71. The molecule has 12 heavy (non-hydrogen) atoms. The second-order valence-corrected chi connectivity index (χ2v) is 3.43. The Morgan fingerprint density at radius 3 is 2.83 bits per heavy atom. The third kappa shape index (κ3) is 1.37. The van der Waals surface area contributed by atoms with E-state index in [0.29, 0.717) is 0 Å². The molecule has 0 spiro atoms. The van der Waals surface area contributed by atoms with E-state index in [4.69, 9.17) is 0 Å². The van der Waals surface area contributed by atoms with Crippen LogP contribution in [0.2, 0.25) is 0 Å². The third-order valence-corrected chi connectivity index (χ3v) is 2.60. The lowest BCUT2D eigenvalue weighted by Gasteiger charge is -2.28. The Balaban J connectivity index is 2.11. The molecule has 0 bridgehead atoms. The maximum Gasteiger partial charge on any atom is 0.0949 e. The fraction of sp³-hybridized carbons (Fsp3) is 0.667. The van der Waals surface area contributed by atoms with Gasteiger partial charge in [0.2, 0.25) is 0 Å². The predicted octanol–water partition coefficient (Wildman–Crippen LogP) is 1.36. The molecule has 0 radical (unpaired) electrons. The molecule has 0 aromatic carbocycles. The van der Waals surface area contributed by atoms with Crippen LogP contribution in [-0.4, -0.2) is 20.8 Å². The fourth-order valence-corrected chi connectivity index (χ4v) is 1.91. The largest absolute Gasteiger partial charge is 0.391 e. The highest BCUT2D eigenvalue weighted by Gasteiger charge is 2.23. The van der Waals surface area contributed by atoms with E-state index in [9.17, 15) is 5.11 Å². The second kappa shape index (κ2) is 3.27. The average Bonchev–Trinajstić information content (AvgIpc) is 2.57. The van der Waals surface area contributed by atoms with Gasteiger partial charge in [-0.05, 0) is 12.8 Å². The number of aromatic nitrogens is 2. The zero-order chi connectivity index (χ0) is 8.39. The van der Waals surface area contributed by atoms with Gasteiger partial charge in [0.1, 0.15) is 0 Å². The van der Waals surface area contributed by atoms with E-state index in [2.05, 4.69) is 4.98 Å². The maximum atomic E-state index is 9.69. The van der Waals surface area contributed by atoms with Crippen molar-refractivity contribution in [1.82, 2.24) is 9.55 Å². The fourth-order valence-electron chi connectivity index (χ4n) is 1.91. The number of aliphatic hydroxyl groups excluding tert-OH is 1. The normalized spacial score (nSPS) is 30.4. The minimum absolute atomic E-state index is 0.173. The van der Waals surface area contributed by atoms with Crippen LogP contribution in [-0.2, 0) is 0 Å². The van der Waals surface area contributed by atoms with Crippen molar-refractivity contribution >= 4 is 0 Å². The topological polar surface area (TPSA) is 38.0 Å². The first-order valence-electron chi connectivity index (χ1n) is 4.53. The van der Waals surface area contributed by atoms with Gasteiger partial charge in [-0.3, -0.25) is 0 Å². The number of imidazole rings is 1. The van der Waals surface area contributed by atoms with E-state index < -0.39 is 0 Å². The lowest BCUT2D eigenvalue weighted by atomic mass is 9.92. The Kier molecular flexibility index (Phi) is 2.13. The quantitative estimate of drug-likeness (QED) is 0.684. The molecule has 3 nitrogen and oxygen atoms in total. The number of nitrogens with zero attached hydrogens (tertiary/aromatic N) is 2. The van der Waals surface area contributed by atoms with Gasteiger partial charge in [-0.1, -0.05) is 12.8 Å². The summed E-state index contributed by atoms with van der Waals surface area (Å²) in [5, 5.41) is 9.69. The lowest BCUT2D eigenvalue weighted by molar-refractivity contribution is 0.0754. The summed E-state index contributed by atoms with van der Waals surface area (Å²) < 4.78 is 2.02. The summed E-state index contributed by atoms with van der Waals surface area (Å²) in [6, 6.07) is 0.265. The van der Waals surface area contributed by atoms with Gasteiger partial charge >= 0.3 is 0 Å². The van der Waals surface area contributed by atoms with E-state index >= 15 is 0 Å². The summed E-state index contributed by atoms with van der Waals surface area (Å²) in [6.45, 7) is 0.